The van der Waals surface area contributed by atoms with Crippen LogP contribution in [0.15, 0.2) is 12.3 Å². The molecule has 6 heteroatoms. The molecule has 0 N–H and O–H groups in total. The van der Waals surface area contributed by atoms with E-state index in [9.17, 15) is 13.2 Å². The number of nitrogens with zero attached hydrogens (tertiary/aromatic N) is 1. The normalized spacial score (nSPS) is 11.8. The number of aromatic nitrogens is 1. The van der Waals surface area contributed by atoms with Gasteiger partial charge in [0.25, 0.3) is 0 Å². The number of hydrogen-bond donors (Lipinski definition) is 0. The summed E-state index contributed by atoms with van der Waals surface area (Å²) in [4.78, 5) is 3.39. The van der Waals surface area contributed by atoms with Crippen LogP contribution in [0.1, 0.15) is 5.56 Å². The zero-order valence-electron chi connectivity index (χ0n) is 5.49. The minimum Gasteiger partial charge on any atom is -0.243 e. The lowest BCUT2D eigenvalue weighted by atomic mass is 10.3. The van der Waals surface area contributed by atoms with Crippen molar-refractivity contribution in [3.8, 4) is 0 Å². The Labute approximate surface area is 76.1 Å². The maximum atomic E-state index is 12.1. The highest BCUT2D eigenvalue weighted by atomic mass is 35.5. The van der Waals surface area contributed by atoms with Gasteiger partial charge in [0.1, 0.15) is 5.15 Å². The predicted molar refractivity (Wildman–Crippen MR) is 39.3 cm³/mol. The average Bonchev–Trinajstić information content (AvgIpc) is 1.92. The highest BCUT2D eigenvalue weighted by Gasteiger charge is 2.33. The molecule has 0 radical (unpaired) electrons. The van der Waals surface area contributed by atoms with E-state index in [1.165, 1.54) is 0 Å². The predicted octanol–water partition coefficient (Wildman–Crippen LogP) is 3.41. The molecule has 0 amide bonds. The molecule has 0 fully saturated rings. The van der Waals surface area contributed by atoms with Gasteiger partial charge in [0.15, 0.2) is 0 Å². The van der Waals surface area contributed by atoms with E-state index in [0.29, 0.717) is 0 Å². The molecular formula is C6H2Cl2F3N. The third-order valence-electron chi connectivity index (χ3n) is 1.15. The van der Waals surface area contributed by atoms with Crippen molar-refractivity contribution in [1.82, 2.24) is 4.98 Å². The lowest BCUT2D eigenvalue weighted by molar-refractivity contribution is -0.137. The molecule has 0 aliphatic rings. The number of alkyl halides is 3. The molecule has 66 valence electrons. The number of halogens is 5. The second-order valence-corrected chi connectivity index (χ2v) is 2.70. The molecule has 1 aromatic heterocycles. The summed E-state index contributed by atoms with van der Waals surface area (Å²) in [5, 5.41) is -0.904. The molecular weight excluding hydrogens is 214 g/mol. The molecule has 1 heterocycles. The molecule has 0 aliphatic carbocycles. The minimum atomic E-state index is -4.48. The fraction of sp³-hybridized carbons (Fsp3) is 0.167. The molecule has 0 atom stereocenters. The quantitative estimate of drug-likeness (QED) is 0.605. The van der Waals surface area contributed by atoms with E-state index in [4.69, 9.17) is 23.2 Å². The Hall–Kier alpha value is -0.480. The molecule has 0 aromatic carbocycles. The van der Waals surface area contributed by atoms with Gasteiger partial charge >= 0.3 is 6.18 Å². The monoisotopic (exact) mass is 215 g/mol. The SMILES string of the molecule is FC(F)(F)c1ccnc(Cl)c1Cl. The van der Waals surface area contributed by atoms with E-state index >= 15 is 0 Å². The average molecular weight is 216 g/mol. The van der Waals surface area contributed by atoms with Crippen LogP contribution in [0, 0.1) is 0 Å². The van der Waals surface area contributed by atoms with Crippen LogP contribution in [0.25, 0.3) is 0 Å². The Bertz CT molecular complexity index is 297. The van der Waals surface area contributed by atoms with Crippen LogP contribution in [0.4, 0.5) is 13.2 Å². The summed E-state index contributed by atoms with van der Waals surface area (Å²) in [5.41, 5.74) is -0.968. The van der Waals surface area contributed by atoms with Crippen molar-refractivity contribution in [2.75, 3.05) is 0 Å². The lowest BCUT2D eigenvalue weighted by Gasteiger charge is -2.07. The topological polar surface area (TPSA) is 12.9 Å². The Morgan fingerprint density at radius 1 is 1.25 bits per heavy atom. The second kappa shape index (κ2) is 3.11. The summed E-state index contributed by atoms with van der Waals surface area (Å²) in [7, 11) is 0. The molecule has 0 bridgehead atoms. The van der Waals surface area contributed by atoms with Gasteiger partial charge in [-0.15, -0.1) is 0 Å². The first-order valence-corrected chi connectivity index (χ1v) is 3.55. The molecule has 1 rings (SSSR count). The first-order chi connectivity index (χ1) is 5.43. The zero-order valence-corrected chi connectivity index (χ0v) is 7.00. The third-order valence-corrected chi connectivity index (χ3v) is 1.92. The van der Waals surface area contributed by atoms with Crippen molar-refractivity contribution in [3.63, 3.8) is 0 Å². The van der Waals surface area contributed by atoms with Crippen LogP contribution in [-0.4, -0.2) is 4.98 Å². The van der Waals surface area contributed by atoms with Crippen molar-refractivity contribution < 1.29 is 13.2 Å². The zero-order chi connectivity index (χ0) is 9.35. The minimum absolute atomic E-state index is 0.341. The van der Waals surface area contributed by atoms with E-state index in [1.54, 1.807) is 0 Å². The maximum Gasteiger partial charge on any atom is 0.418 e. The fourth-order valence-corrected chi connectivity index (χ4v) is 1.01. The summed E-state index contributed by atoms with van der Waals surface area (Å²) in [6.07, 6.45) is -3.53. The van der Waals surface area contributed by atoms with Gasteiger partial charge in [-0.3, -0.25) is 0 Å². The Balaban J connectivity index is 3.26. The van der Waals surface area contributed by atoms with Crippen LogP contribution in [0.3, 0.4) is 0 Å². The van der Waals surface area contributed by atoms with Gasteiger partial charge in [-0.2, -0.15) is 13.2 Å². The van der Waals surface area contributed by atoms with Crippen molar-refractivity contribution in [2.45, 2.75) is 6.18 Å². The fourth-order valence-electron chi connectivity index (χ4n) is 0.637. The van der Waals surface area contributed by atoms with E-state index in [1.807, 2.05) is 0 Å². The van der Waals surface area contributed by atoms with Gasteiger partial charge < -0.3 is 0 Å². The summed E-state index contributed by atoms with van der Waals surface area (Å²) in [5.74, 6) is 0. The molecule has 12 heavy (non-hydrogen) atoms. The van der Waals surface area contributed by atoms with Crippen molar-refractivity contribution >= 4 is 23.2 Å². The van der Waals surface area contributed by atoms with Crippen LogP contribution >= 0.6 is 23.2 Å². The summed E-state index contributed by atoms with van der Waals surface area (Å²) >= 11 is 10.5. The second-order valence-electron chi connectivity index (χ2n) is 1.96. The van der Waals surface area contributed by atoms with Gasteiger partial charge in [-0.1, -0.05) is 23.2 Å². The maximum absolute atomic E-state index is 12.1. The highest BCUT2D eigenvalue weighted by Crippen LogP contribution is 2.36. The van der Waals surface area contributed by atoms with E-state index in [-0.39, 0.29) is 5.15 Å². The van der Waals surface area contributed by atoms with E-state index in [0.717, 1.165) is 12.3 Å². The van der Waals surface area contributed by atoms with Crippen LogP contribution in [0.5, 0.6) is 0 Å². The van der Waals surface area contributed by atoms with Crippen LogP contribution in [0.2, 0.25) is 10.2 Å². The summed E-state index contributed by atoms with van der Waals surface area (Å²) in [6.45, 7) is 0. The number of pyridine rings is 1. The highest BCUT2D eigenvalue weighted by molar-refractivity contribution is 6.41. The van der Waals surface area contributed by atoms with Gasteiger partial charge in [0.2, 0.25) is 0 Å². The van der Waals surface area contributed by atoms with Crippen LogP contribution < -0.4 is 0 Å². The first kappa shape index (κ1) is 9.61. The van der Waals surface area contributed by atoms with Gasteiger partial charge in [0.05, 0.1) is 10.6 Å². The van der Waals surface area contributed by atoms with Gasteiger partial charge in [-0.25, -0.2) is 4.98 Å². The smallest absolute Gasteiger partial charge is 0.243 e. The van der Waals surface area contributed by atoms with Crippen molar-refractivity contribution in [3.05, 3.63) is 28.0 Å². The van der Waals surface area contributed by atoms with E-state index < -0.39 is 16.8 Å². The molecule has 0 saturated heterocycles. The Morgan fingerprint density at radius 3 is 2.25 bits per heavy atom. The van der Waals surface area contributed by atoms with E-state index in [2.05, 4.69) is 4.98 Å². The summed E-state index contributed by atoms with van der Waals surface area (Å²) < 4.78 is 36.2. The third kappa shape index (κ3) is 1.81. The largest absolute Gasteiger partial charge is 0.418 e. The standard InChI is InChI=1S/C6H2Cl2F3N/c7-4-3(6(9,10)11)1-2-12-5(4)8/h1-2H. The van der Waals surface area contributed by atoms with Gasteiger partial charge in [0, 0.05) is 6.20 Å². The Morgan fingerprint density at radius 2 is 1.83 bits per heavy atom. The van der Waals surface area contributed by atoms with Gasteiger partial charge in [-0.05, 0) is 6.07 Å². The molecule has 0 unspecified atom stereocenters. The lowest BCUT2D eigenvalue weighted by Crippen LogP contribution is -2.06. The van der Waals surface area contributed by atoms with Crippen molar-refractivity contribution in [2.24, 2.45) is 0 Å². The number of hydrogen-bond acceptors (Lipinski definition) is 1. The molecule has 0 spiro atoms. The Kier molecular flexibility index (Phi) is 2.49. The molecule has 1 aromatic rings. The molecule has 0 aliphatic heterocycles. The van der Waals surface area contributed by atoms with Crippen LogP contribution in [-0.2, 0) is 6.18 Å². The molecule has 0 saturated carbocycles. The first-order valence-electron chi connectivity index (χ1n) is 2.80. The molecule has 1 nitrogen and oxygen atoms in total. The number of rotatable bonds is 0. The summed E-state index contributed by atoms with van der Waals surface area (Å²) in [6, 6.07) is 0.772. The van der Waals surface area contributed by atoms with Crippen molar-refractivity contribution in [1.29, 1.82) is 0 Å².